The Morgan fingerprint density at radius 1 is 0.957 bits per heavy atom. The average Bonchev–Trinajstić information content (AvgIpc) is 2.39. The lowest BCUT2D eigenvalue weighted by Gasteiger charge is -2.32. The number of aliphatic hydroxyl groups excluding tert-OH is 1. The van der Waals surface area contributed by atoms with Crippen LogP contribution in [0.25, 0.3) is 0 Å². The Kier molecular flexibility index (Phi) is 7.02. The summed E-state index contributed by atoms with van der Waals surface area (Å²) in [5.74, 6) is -15.7. The third-order valence-corrected chi connectivity index (χ3v) is 2.65. The van der Waals surface area contributed by atoms with E-state index in [1.165, 1.54) is 0 Å². The molecule has 0 aromatic rings. The van der Waals surface area contributed by atoms with Gasteiger partial charge < -0.3 is 5.11 Å². The van der Waals surface area contributed by atoms with E-state index in [0.717, 1.165) is 0 Å². The number of hydrogen-bond acceptors (Lipinski definition) is 1. The van der Waals surface area contributed by atoms with Gasteiger partial charge in [-0.25, -0.2) is 0 Å². The highest BCUT2D eigenvalue weighted by molar-refractivity contribution is 5.32. The fourth-order valence-corrected chi connectivity index (χ4v) is 1.39. The number of rotatable bonds is 6. The monoisotopic (exact) mass is 356 g/mol. The minimum absolute atomic E-state index is 0.156. The van der Waals surface area contributed by atoms with Gasteiger partial charge in [-0.1, -0.05) is 25.2 Å². The molecule has 134 valence electrons. The lowest BCUT2D eigenvalue weighted by atomic mass is 9.99. The molecule has 0 aromatic carbocycles. The fourth-order valence-electron chi connectivity index (χ4n) is 1.39. The molecule has 0 saturated heterocycles. The first-order chi connectivity index (χ1) is 10.2. The first-order valence-corrected chi connectivity index (χ1v) is 6.26. The van der Waals surface area contributed by atoms with Crippen molar-refractivity contribution in [2.45, 2.75) is 50.1 Å². The van der Waals surface area contributed by atoms with Gasteiger partial charge in [0.25, 0.3) is 0 Å². The number of aliphatic hydroxyl groups is 1. The van der Waals surface area contributed by atoms with E-state index in [1.807, 2.05) is 11.8 Å². The Labute approximate surface area is 126 Å². The second-order valence-electron chi connectivity index (χ2n) is 4.50. The molecule has 0 radical (unpaired) electrons. The highest BCUT2D eigenvalue weighted by Crippen LogP contribution is 2.53. The van der Waals surface area contributed by atoms with Gasteiger partial charge in [-0.15, -0.1) is 0 Å². The van der Waals surface area contributed by atoms with Gasteiger partial charge in [-0.3, -0.25) is 0 Å². The van der Waals surface area contributed by atoms with Crippen molar-refractivity contribution in [2.24, 2.45) is 0 Å². The lowest BCUT2D eigenvalue weighted by molar-refractivity contribution is -0.388. The Morgan fingerprint density at radius 2 is 1.48 bits per heavy atom. The molecule has 0 aromatic heterocycles. The van der Waals surface area contributed by atoms with Crippen LogP contribution in [-0.4, -0.2) is 35.7 Å². The summed E-state index contributed by atoms with van der Waals surface area (Å²) >= 11 is 0. The molecule has 1 nitrogen and oxygen atoms in total. The minimum Gasteiger partial charge on any atom is -0.384 e. The number of hydrogen-bond donors (Lipinski definition) is 1. The molecule has 0 atom stereocenters. The van der Waals surface area contributed by atoms with E-state index >= 15 is 0 Å². The van der Waals surface area contributed by atoms with Crippen LogP contribution >= 0.6 is 0 Å². The number of allylic oxidation sites excluding steroid dienone is 2. The van der Waals surface area contributed by atoms with Crippen LogP contribution in [0.5, 0.6) is 0 Å². The third kappa shape index (κ3) is 4.80. The molecule has 0 aliphatic rings. The third-order valence-electron chi connectivity index (χ3n) is 2.65. The smallest absolute Gasteiger partial charge is 0.384 e. The molecular weight excluding hydrogens is 343 g/mol. The van der Waals surface area contributed by atoms with Crippen molar-refractivity contribution in [1.29, 1.82) is 0 Å². The second kappa shape index (κ2) is 7.47. The van der Waals surface area contributed by atoms with Gasteiger partial charge in [-0.05, 0) is 12.8 Å². The Morgan fingerprint density at radius 3 is 1.87 bits per heavy atom. The van der Waals surface area contributed by atoms with Gasteiger partial charge in [0, 0.05) is 11.6 Å². The molecule has 0 amide bonds. The largest absolute Gasteiger partial charge is 0.460 e. The zero-order valence-electron chi connectivity index (χ0n) is 11.8. The zero-order valence-corrected chi connectivity index (χ0v) is 11.8. The molecule has 0 heterocycles. The number of alkyl halides is 9. The quantitative estimate of drug-likeness (QED) is 0.546. The average molecular weight is 356 g/mol. The summed E-state index contributed by atoms with van der Waals surface area (Å²) in [6.07, 6.45) is -7.34. The van der Waals surface area contributed by atoms with Crippen LogP contribution in [0.15, 0.2) is 11.6 Å². The predicted molar refractivity (Wildman–Crippen MR) is 63.4 cm³/mol. The van der Waals surface area contributed by atoms with Gasteiger partial charge in [0.05, 0.1) is 0 Å². The van der Waals surface area contributed by atoms with E-state index in [-0.39, 0.29) is 12.8 Å². The van der Waals surface area contributed by atoms with Crippen LogP contribution in [0.1, 0.15) is 26.2 Å². The SMILES string of the molecule is CCCC/C(C#CCO)=C\C(F)(F)C(F)(F)C(F)(F)C(F)(F)F. The topological polar surface area (TPSA) is 20.2 Å². The van der Waals surface area contributed by atoms with E-state index in [9.17, 15) is 39.5 Å². The highest BCUT2D eigenvalue weighted by atomic mass is 19.4. The molecule has 0 unspecified atom stereocenters. The van der Waals surface area contributed by atoms with E-state index in [1.54, 1.807) is 6.92 Å². The van der Waals surface area contributed by atoms with Crippen molar-refractivity contribution in [2.75, 3.05) is 6.61 Å². The lowest BCUT2D eigenvalue weighted by Crippen LogP contribution is -2.60. The fraction of sp³-hybridized carbons (Fsp3) is 0.692. The second-order valence-corrected chi connectivity index (χ2v) is 4.50. The molecule has 1 N–H and O–H groups in total. The summed E-state index contributed by atoms with van der Waals surface area (Å²) in [5.41, 5.74) is -0.761. The Balaban J connectivity index is 5.85. The summed E-state index contributed by atoms with van der Waals surface area (Å²) in [7, 11) is 0. The van der Waals surface area contributed by atoms with Crippen molar-refractivity contribution >= 4 is 0 Å². The Hall–Kier alpha value is -1.37. The number of halogens is 9. The Bertz CT molecular complexity index is 480. The first kappa shape index (κ1) is 21.6. The maximum atomic E-state index is 13.4. The van der Waals surface area contributed by atoms with Crippen molar-refractivity contribution < 1.29 is 44.6 Å². The first-order valence-electron chi connectivity index (χ1n) is 6.26. The van der Waals surface area contributed by atoms with Crippen LogP contribution in [0, 0.1) is 11.8 Å². The van der Waals surface area contributed by atoms with E-state index in [4.69, 9.17) is 5.11 Å². The highest BCUT2D eigenvalue weighted by Gasteiger charge is 2.81. The van der Waals surface area contributed by atoms with Crippen LogP contribution < -0.4 is 0 Å². The van der Waals surface area contributed by atoms with Crippen molar-refractivity contribution in [3.05, 3.63) is 11.6 Å². The van der Waals surface area contributed by atoms with Gasteiger partial charge in [0.15, 0.2) is 0 Å². The van der Waals surface area contributed by atoms with E-state index in [0.29, 0.717) is 6.42 Å². The molecule has 0 rings (SSSR count). The molecular formula is C13H13F9O. The molecule has 23 heavy (non-hydrogen) atoms. The zero-order chi connectivity index (χ0) is 18.5. The molecule has 10 heteroatoms. The maximum Gasteiger partial charge on any atom is 0.460 e. The number of unbranched alkanes of at least 4 members (excludes halogenated alkanes) is 1. The summed E-state index contributed by atoms with van der Waals surface area (Å²) in [6.45, 7) is 0.770. The summed E-state index contributed by atoms with van der Waals surface area (Å²) < 4.78 is 114. The van der Waals surface area contributed by atoms with Gasteiger partial charge in [-0.2, -0.15) is 39.5 Å². The standard InChI is InChI=1S/C13H13F9O/c1-2-3-5-9(6-4-7-23)8-10(14,15)11(16,17)12(18,19)13(20,21)22/h8,23H,2-3,5,7H2,1H3/b9-8+. The van der Waals surface area contributed by atoms with Crippen LogP contribution in [0.3, 0.4) is 0 Å². The van der Waals surface area contributed by atoms with E-state index < -0.39 is 42.2 Å². The summed E-state index contributed by atoms with van der Waals surface area (Å²) in [4.78, 5) is 0. The molecule has 0 aliphatic heterocycles. The predicted octanol–water partition coefficient (Wildman–Crippen LogP) is 4.57. The summed E-state index contributed by atoms with van der Waals surface area (Å²) in [5, 5.41) is 8.43. The van der Waals surface area contributed by atoms with Gasteiger partial charge in [0.1, 0.15) is 6.61 Å². The van der Waals surface area contributed by atoms with Crippen LogP contribution in [0.2, 0.25) is 0 Å². The maximum absolute atomic E-state index is 13.4. The summed E-state index contributed by atoms with van der Waals surface area (Å²) in [6, 6.07) is 0. The van der Waals surface area contributed by atoms with Gasteiger partial charge >= 0.3 is 23.9 Å². The van der Waals surface area contributed by atoms with Crippen LogP contribution in [0.4, 0.5) is 39.5 Å². The molecule has 0 aliphatic carbocycles. The van der Waals surface area contributed by atoms with Crippen molar-refractivity contribution in [1.82, 2.24) is 0 Å². The minimum atomic E-state index is -6.93. The van der Waals surface area contributed by atoms with Crippen molar-refractivity contribution in [3.63, 3.8) is 0 Å². The molecule has 0 saturated carbocycles. The van der Waals surface area contributed by atoms with Gasteiger partial charge in [0.2, 0.25) is 0 Å². The molecule has 0 spiro atoms. The molecule has 0 bridgehead atoms. The van der Waals surface area contributed by atoms with Crippen molar-refractivity contribution in [3.8, 4) is 11.8 Å². The normalized spacial score (nSPS) is 14.5. The molecule has 0 fully saturated rings. The van der Waals surface area contributed by atoms with Crippen LogP contribution in [-0.2, 0) is 0 Å². The van der Waals surface area contributed by atoms with E-state index in [2.05, 4.69) is 0 Å².